The van der Waals surface area contributed by atoms with Gasteiger partial charge in [-0.3, -0.25) is 0 Å². The minimum Gasteiger partial charge on any atom is -0.311 e. The highest BCUT2D eigenvalue weighted by Crippen LogP contribution is 2.56. The van der Waals surface area contributed by atoms with Gasteiger partial charge in [-0.05, 0) is 121 Å². The lowest BCUT2D eigenvalue weighted by Crippen LogP contribution is -2.60. The number of hydrogen-bond acceptors (Lipinski definition) is 4. The standard InChI is InChI=1S/C59H55BN2S2/c1-56(2,3)34-20-25-37(26-21-34)61-46-29-24-36(58(7,8)9)30-45(46)60-52-47(61)33-50-51(40-17-13-15-19-48(40)63-50)54(52)62(38-27-22-35(23-28-38)57(4,5)6)53-42-31-41-39-16-12-14-18-43(39)59(10,11)44(41)32-49(42)64-55(53)60/h12-33H,1-11H3. The molecule has 316 valence electrons. The molecule has 7 aromatic carbocycles. The number of benzene rings is 7. The Kier molecular flexibility index (Phi) is 8.26. The monoisotopic (exact) mass is 866 g/mol. The van der Waals surface area contributed by atoms with E-state index in [1.54, 1.807) is 0 Å². The van der Waals surface area contributed by atoms with Crippen LogP contribution in [0.1, 0.15) is 104 Å². The van der Waals surface area contributed by atoms with Crippen molar-refractivity contribution < 1.29 is 0 Å². The van der Waals surface area contributed by atoms with Crippen LogP contribution in [0.3, 0.4) is 0 Å². The molecule has 0 spiro atoms. The van der Waals surface area contributed by atoms with Gasteiger partial charge in [-0.25, -0.2) is 0 Å². The lowest BCUT2D eigenvalue weighted by atomic mass is 9.36. The number of hydrogen-bond donors (Lipinski definition) is 0. The number of nitrogens with zero attached hydrogens (tertiary/aromatic N) is 2. The summed E-state index contributed by atoms with van der Waals surface area (Å²) >= 11 is 3.95. The van der Waals surface area contributed by atoms with Crippen LogP contribution in [0.15, 0.2) is 133 Å². The van der Waals surface area contributed by atoms with Crippen LogP contribution >= 0.6 is 22.7 Å². The van der Waals surface area contributed by atoms with E-state index in [9.17, 15) is 0 Å². The summed E-state index contributed by atoms with van der Waals surface area (Å²) in [6, 6.07) is 52.2. The third-order valence-electron chi connectivity index (χ3n) is 14.7. The Hall–Kier alpha value is -5.62. The molecule has 0 atom stereocenters. The second-order valence-corrected chi connectivity index (χ2v) is 24.4. The maximum atomic E-state index is 2.70. The van der Waals surface area contributed by atoms with Crippen molar-refractivity contribution in [3.05, 3.63) is 161 Å². The molecule has 0 saturated carbocycles. The van der Waals surface area contributed by atoms with E-state index in [0.717, 1.165) is 0 Å². The highest BCUT2D eigenvalue weighted by Gasteiger charge is 2.47. The van der Waals surface area contributed by atoms with Crippen LogP contribution in [0.25, 0.3) is 41.4 Å². The van der Waals surface area contributed by atoms with Gasteiger partial charge < -0.3 is 9.80 Å². The van der Waals surface area contributed by atoms with Gasteiger partial charge in [0.15, 0.2) is 0 Å². The fraction of sp³-hybridized carbons (Fsp3) is 0.254. The topological polar surface area (TPSA) is 6.48 Å². The number of anilines is 6. The molecule has 2 aromatic heterocycles. The van der Waals surface area contributed by atoms with Gasteiger partial charge in [-0.2, -0.15) is 0 Å². The second kappa shape index (κ2) is 13.2. The molecule has 4 heterocycles. The maximum absolute atomic E-state index is 2.70. The molecule has 9 aromatic rings. The highest BCUT2D eigenvalue weighted by molar-refractivity contribution is 7.34. The van der Waals surface area contributed by atoms with Crippen LogP contribution in [0.5, 0.6) is 0 Å². The predicted octanol–water partition coefficient (Wildman–Crippen LogP) is 15.6. The Morgan fingerprint density at radius 2 is 1.08 bits per heavy atom. The van der Waals surface area contributed by atoms with Crippen LogP contribution in [0, 0.1) is 0 Å². The molecular formula is C59H55BN2S2. The number of thiophene rings is 2. The van der Waals surface area contributed by atoms with Gasteiger partial charge in [0, 0.05) is 63.2 Å². The third-order valence-corrected chi connectivity index (χ3v) is 17.0. The van der Waals surface area contributed by atoms with Crippen LogP contribution in [-0.4, -0.2) is 6.71 Å². The molecule has 0 N–H and O–H groups in total. The van der Waals surface area contributed by atoms with Crippen molar-refractivity contribution in [1.82, 2.24) is 0 Å². The van der Waals surface area contributed by atoms with E-state index in [4.69, 9.17) is 0 Å². The van der Waals surface area contributed by atoms with Gasteiger partial charge in [0.1, 0.15) is 0 Å². The van der Waals surface area contributed by atoms with E-state index < -0.39 is 0 Å². The number of fused-ring (bicyclic) bond motifs is 13. The van der Waals surface area contributed by atoms with Crippen LogP contribution in [-0.2, 0) is 21.7 Å². The summed E-state index contributed by atoms with van der Waals surface area (Å²) in [5, 5.41) is 4.01. The highest BCUT2D eigenvalue weighted by atomic mass is 32.1. The lowest BCUT2D eigenvalue weighted by Gasteiger charge is -2.44. The van der Waals surface area contributed by atoms with Gasteiger partial charge >= 0.3 is 0 Å². The maximum Gasteiger partial charge on any atom is 0.264 e. The minimum absolute atomic E-state index is 0.0247. The van der Waals surface area contributed by atoms with E-state index >= 15 is 0 Å². The fourth-order valence-electron chi connectivity index (χ4n) is 11.2. The molecule has 64 heavy (non-hydrogen) atoms. The molecular weight excluding hydrogens is 812 g/mol. The normalized spacial score (nSPS) is 15.1. The van der Waals surface area contributed by atoms with Crippen molar-refractivity contribution in [1.29, 1.82) is 0 Å². The van der Waals surface area contributed by atoms with Crippen molar-refractivity contribution in [2.24, 2.45) is 0 Å². The molecule has 2 nitrogen and oxygen atoms in total. The summed E-state index contributed by atoms with van der Waals surface area (Å²) in [4.78, 5) is 5.30. The quantitative estimate of drug-likeness (QED) is 0.160. The van der Waals surface area contributed by atoms with Crippen molar-refractivity contribution in [2.45, 2.75) is 97.8 Å². The predicted molar refractivity (Wildman–Crippen MR) is 282 cm³/mol. The second-order valence-electron chi connectivity index (χ2n) is 22.2. The molecule has 0 amide bonds. The Morgan fingerprint density at radius 3 is 1.75 bits per heavy atom. The summed E-state index contributed by atoms with van der Waals surface area (Å²) in [5.41, 5.74) is 19.9. The van der Waals surface area contributed by atoms with E-state index in [2.05, 4.69) is 219 Å². The molecule has 12 rings (SSSR count). The first-order valence-electron chi connectivity index (χ1n) is 23.0. The molecule has 0 fully saturated rings. The molecule has 0 saturated heterocycles. The minimum atomic E-state index is -0.0902. The summed E-state index contributed by atoms with van der Waals surface area (Å²) in [7, 11) is 0. The Labute approximate surface area is 387 Å². The van der Waals surface area contributed by atoms with Crippen molar-refractivity contribution in [2.75, 3.05) is 9.80 Å². The number of rotatable bonds is 2. The summed E-state index contributed by atoms with van der Waals surface area (Å²) < 4.78 is 5.42. The van der Waals surface area contributed by atoms with Crippen LogP contribution in [0.4, 0.5) is 34.1 Å². The van der Waals surface area contributed by atoms with Gasteiger partial charge in [-0.1, -0.05) is 155 Å². The molecule has 2 aliphatic heterocycles. The fourth-order valence-corrected chi connectivity index (χ4v) is 13.7. The van der Waals surface area contributed by atoms with E-state index in [1.165, 1.54) is 119 Å². The Morgan fingerprint density at radius 1 is 0.469 bits per heavy atom. The summed E-state index contributed by atoms with van der Waals surface area (Å²) in [6.45, 7) is 25.8. The van der Waals surface area contributed by atoms with Gasteiger partial charge in [0.25, 0.3) is 6.71 Å². The average Bonchev–Trinajstić information content (AvgIpc) is 3.89. The largest absolute Gasteiger partial charge is 0.311 e. The molecule has 1 aliphatic carbocycles. The third kappa shape index (κ3) is 5.62. The first kappa shape index (κ1) is 39.9. The zero-order chi connectivity index (χ0) is 44.4. The zero-order valence-corrected chi connectivity index (χ0v) is 40.6. The molecule has 0 unspecified atom stereocenters. The van der Waals surface area contributed by atoms with Crippen LogP contribution in [0.2, 0.25) is 0 Å². The van der Waals surface area contributed by atoms with E-state index in [0.29, 0.717) is 0 Å². The summed E-state index contributed by atoms with van der Waals surface area (Å²) in [6.07, 6.45) is 0. The summed E-state index contributed by atoms with van der Waals surface area (Å²) in [5.74, 6) is 0. The first-order valence-corrected chi connectivity index (χ1v) is 24.7. The van der Waals surface area contributed by atoms with Crippen molar-refractivity contribution in [3.63, 3.8) is 0 Å². The molecule has 0 radical (unpaired) electrons. The SMILES string of the molecule is CC(C)(C)c1ccc(N2c3ccc(C(C)(C)C)cc3B3c4sc5cc6c(cc5c4N(c4ccc(C(C)(C)C)cc4)c4c3c2cc2sc3ccccc3c42)-c2ccccc2C6(C)C)cc1. The van der Waals surface area contributed by atoms with Crippen molar-refractivity contribution in [3.8, 4) is 11.1 Å². The van der Waals surface area contributed by atoms with Gasteiger partial charge in [0.2, 0.25) is 0 Å². The molecule has 5 heteroatoms. The molecule has 0 bridgehead atoms. The van der Waals surface area contributed by atoms with E-state index in [-0.39, 0.29) is 28.4 Å². The Bertz CT molecular complexity index is 3420. The smallest absolute Gasteiger partial charge is 0.264 e. The van der Waals surface area contributed by atoms with Crippen LogP contribution < -0.4 is 25.5 Å². The Balaban J connectivity index is 1.25. The van der Waals surface area contributed by atoms with Gasteiger partial charge in [0.05, 0.1) is 11.4 Å². The van der Waals surface area contributed by atoms with E-state index in [1.807, 2.05) is 22.7 Å². The first-order chi connectivity index (χ1) is 30.4. The zero-order valence-electron chi connectivity index (χ0n) is 39.0. The lowest BCUT2D eigenvalue weighted by molar-refractivity contribution is 0.590. The molecule has 3 aliphatic rings. The van der Waals surface area contributed by atoms with Crippen molar-refractivity contribution >= 4 is 109 Å². The van der Waals surface area contributed by atoms with Gasteiger partial charge in [-0.15, -0.1) is 22.7 Å². The average molecular weight is 867 g/mol.